The Balaban J connectivity index is 3.34. The summed E-state index contributed by atoms with van der Waals surface area (Å²) in [6, 6.07) is 1.77. The molecule has 0 heterocycles. The van der Waals surface area contributed by atoms with Crippen molar-refractivity contribution in [3.63, 3.8) is 0 Å². The van der Waals surface area contributed by atoms with Crippen LogP contribution in [0.4, 0.5) is 0 Å². The maximum absolute atomic E-state index is 9.66. The Hall–Kier alpha value is -0.760. The third kappa shape index (κ3) is 1.94. The first-order chi connectivity index (χ1) is 6.07. The van der Waals surface area contributed by atoms with Crippen molar-refractivity contribution in [2.24, 2.45) is 0 Å². The molecular formula is C11H13BrO. The summed E-state index contributed by atoms with van der Waals surface area (Å²) >= 11 is 3.49. The highest BCUT2D eigenvalue weighted by molar-refractivity contribution is 9.10. The van der Waals surface area contributed by atoms with Crippen molar-refractivity contribution in [3.8, 4) is 5.75 Å². The topological polar surface area (TPSA) is 20.2 Å². The maximum Gasteiger partial charge on any atom is 0.119 e. The molecule has 1 aromatic carbocycles. The van der Waals surface area contributed by atoms with E-state index in [-0.39, 0.29) is 0 Å². The Morgan fingerprint density at radius 3 is 2.69 bits per heavy atom. The Kier molecular flexibility index (Phi) is 3.15. The van der Waals surface area contributed by atoms with Crippen LogP contribution in [0.15, 0.2) is 23.2 Å². The summed E-state index contributed by atoms with van der Waals surface area (Å²) in [4.78, 5) is 0. The van der Waals surface area contributed by atoms with Gasteiger partial charge in [0, 0.05) is 10.0 Å². The molecule has 0 aliphatic carbocycles. The summed E-state index contributed by atoms with van der Waals surface area (Å²) in [6.07, 6.45) is 2.50. The highest BCUT2D eigenvalue weighted by atomic mass is 79.9. The maximum atomic E-state index is 9.66. The minimum absolute atomic E-state index is 0.359. The van der Waals surface area contributed by atoms with Crippen molar-refractivity contribution >= 4 is 15.9 Å². The first-order valence-corrected chi connectivity index (χ1v) is 4.95. The number of rotatable bonds is 2. The summed E-state index contributed by atoms with van der Waals surface area (Å²) in [7, 11) is 0. The van der Waals surface area contributed by atoms with Crippen molar-refractivity contribution in [2.75, 3.05) is 0 Å². The zero-order valence-electron chi connectivity index (χ0n) is 7.89. The number of hydrogen-bond donors (Lipinski definition) is 1. The molecule has 0 unspecified atom stereocenters. The van der Waals surface area contributed by atoms with E-state index in [1.54, 1.807) is 12.1 Å². The van der Waals surface area contributed by atoms with Gasteiger partial charge in [-0.1, -0.05) is 22.0 Å². The van der Waals surface area contributed by atoms with Crippen LogP contribution in [-0.4, -0.2) is 5.11 Å². The van der Waals surface area contributed by atoms with Gasteiger partial charge in [-0.25, -0.2) is 0 Å². The van der Waals surface area contributed by atoms with E-state index >= 15 is 0 Å². The summed E-state index contributed by atoms with van der Waals surface area (Å²) in [6.45, 7) is 7.63. The second-order valence-corrected chi connectivity index (χ2v) is 3.92. The number of allylic oxidation sites excluding steroid dienone is 1. The fourth-order valence-electron chi connectivity index (χ4n) is 1.38. The van der Waals surface area contributed by atoms with Crippen LogP contribution in [0.5, 0.6) is 5.75 Å². The van der Waals surface area contributed by atoms with Gasteiger partial charge in [-0.15, -0.1) is 6.58 Å². The van der Waals surface area contributed by atoms with E-state index in [4.69, 9.17) is 0 Å². The van der Waals surface area contributed by atoms with Gasteiger partial charge in [0.1, 0.15) is 5.75 Å². The first-order valence-electron chi connectivity index (χ1n) is 4.16. The number of halogens is 1. The molecule has 70 valence electrons. The zero-order valence-corrected chi connectivity index (χ0v) is 9.48. The molecule has 0 saturated heterocycles. The monoisotopic (exact) mass is 240 g/mol. The zero-order chi connectivity index (χ0) is 10.0. The highest BCUT2D eigenvalue weighted by Gasteiger charge is 2.09. The van der Waals surface area contributed by atoms with E-state index in [0.29, 0.717) is 12.2 Å². The van der Waals surface area contributed by atoms with Crippen molar-refractivity contribution in [1.29, 1.82) is 0 Å². The molecule has 0 amide bonds. The fraction of sp³-hybridized carbons (Fsp3) is 0.273. The van der Waals surface area contributed by atoms with Gasteiger partial charge in [-0.3, -0.25) is 0 Å². The molecule has 0 radical (unpaired) electrons. The van der Waals surface area contributed by atoms with Crippen molar-refractivity contribution < 1.29 is 5.11 Å². The van der Waals surface area contributed by atoms with Gasteiger partial charge >= 0.3 is 0 Å². The summed E-state index contributed by atoms with van der Waals surface area (Å²) in [5.74, 6) is 0.359. The van der Waals surface area contributed by atoms with Crippen LogP contribution in [0.1, 0.15) is 16.7 Å². The Labute approximate surface area is 87.2 Å². The Morgan fingerprint density at radius 1 is 1.54 bits per heavy atom. The molecular weight excluding hydrogens is 228 g/mol. The number of benzene rings is 1. The van der Waals surface area contributed by atoms with Crippen LogP contribution in [0.25, 0.3) is 0 Å². The minimum Gasteiger partial charge on any atom is -0.508 e. The molecule has 0 aromatic heterocycles. The smallest absolute Gasteiger partial charge is 0.119 e. The molecule has 0 bridgehead atoms. The average Bonchev–Trinajstić information content (AvgIpc) is 2.09. The largest absolute Gasteiger partial charge is 0.508 e. The number of aromatic hydroxyl groups is 1. The first kappa shape index (κ1) is 10.3. The number of phenolic OH excluding ortho intramolecular Hbond substituents is 1. The predicted octanol–water partition coefficient (Wildman–Crippen LogP) is 3.50. The second kappa shape index (κ2) is 3.97. The van der Waals surface area contributed by atoms with Gasteiger partial charge in [-0.2, -0.15) is 0 Å². The van der Waals surface area contributed by atoms with E-state index in [0.717, 1.165) is 21.2 Å². The van der Waals surface area contributed by atoms with E-state index in [1.165, 1.54) is 0 Å². The van der Waals surface area contributed by atoms with Gasteiger partial charge in [0.2, 0.25) is 0 Å². The minimum atomic E-state index is 0.359. The van der Waals surface area contributed by atoms with Gasteiger partial charge in [-0.05, 0) is 37.5 Å². The van der Waals surface area contributed by atoms with Crippen molar-refractivity contribution in [3.05, 3.63) is 39.9 Å². The molecule has 13 heavy (non-hydrogen) atoms. The molecule has 0 spiro atoms. The molecule has 0 fully saturated rings. The molecule has 1 rings (SSSR count). The summed E-state index contributed by atoms with van der Waals surface area (Å²) < 4.78 is 1.07. The number of aryl methyl sites for hydroxylation is 1. The molecule has 0 saturated carbocycles. The quantitative estimate of drug-likeness (QED) is 0.785. The molecule has 0 atom stereocenters. The van der Waals surface area contributed by atoms with Gasteiger partial charge in [0.05, 0.1) is 0 Å². The lowest BCUT2D eigenvalue weighted by Crippen LogP contribution is -1.92. The summed E-state index contributed by atoms with van der Waals surface area (Å²) in [5, 5.41) is 9.66. The van der Waals surface area contributed by atoms with Crippen molar-refractivity contribution in [2.45, 2.75) is 20.3 Å². The third-order valence-corrected chi connectivity index (χ3v) is 3.36. The molecule has 1 nitrogen and oxygen atoms in total. The van der Waals surface area contributed by atoms with Crippen molar-refractivity contribution in [1.82, 2.24) is 0 Å². The molecule has 0 aliphatic rings. The fourth-order valence-corrected chi connectivity index (χ4v) is 1.73. The Morgan fingerprint density at radius 2 is 2.15 bits per heavy atom. The normalized spacial score (nSPS) is 10.1. The molecule has 1 N–H and O–H groups in total. The summed E-state index contributed by atoms with van der Waals surface area (Å²) in [5.41, 5.74) is 3.10. The van der Waals surface area contributed by atoms with Crippen LogP contribution >= 0.6 is 15.9 Å². The van der Waals surface area contributed by atoms with Crippen LogP contribution in [-0.2, 0) is 6.42 Å². The van der Waals surface area contributed by atoms with E-state index in [1.807, 2.05) is 13.8 Å². The van der Waals surface area contributed by atoms with E-state index in [9.17, 15) is 5.11 Å². The number of hydrogen-bond acceptors (Lipinski definition) is 1. The molecule has 2 heteroatoms. The second-order valence-electron chi connectivity index (χ2n) is 3.12. The van der Waals surface area contributed by atoms with Crippen LogP contribution < -0.4 is 0 Å². The lowest BCUT2D eigenvalue weighted by atomic mass is 10.0. The molecule has 1 aromatic rings. The Bertz CT molecular complexity index is 342. The van der Waals surface area contributed by atoms with Gasteiger partial charge in [0.25, 0.3) is 0 Å². The average molecular weight is 241 g/mol. The lowest BCUT2D eigenvalue weighted by Gasteiger charge is -2.10. The van der Waals surface area contributed by atoms with Gasteiger partial charge < -0.3 is 5.11 Å². The highest BCUT2D eigenvalue weighted by Crippen LogP contribution is 2.31. The van der Waals surface area contributed by atoms with Crippen LogP contribution in [0, 0.1) is 13.8 Å². The SMILES string of the molecule is C=CCc1c(O)cc(C)c(Br)c1C. The predicted molar refractivity (Wildman–Crippen MR) is 59.2 cm³/mol. The van der Waals surface area contributed by atoms with Gasteiger partial charge in [0.15, 0.2) is 0 Å². The van der Waals surface area contributed by atoms with E-state index in [2.05, 4.69) is 22.5 Å². The number of phenols is 1. The standard InChI is InChI=1S/C11H13BrO/c1-4-5-9-8(3)11(12)7(2)6-10(9)13/h4,6,13H,1,5H2,2-3H3. The van der Waals surface area contributed by atoms with Crippen LogP contribution in [0.2, 0.25) is 0 Å². The molecule has 0 aliphatic heterocycles. The van der Waals surface area contributed by atoms with E-state index < -0.39 is 0 Å². The van der Waals surface area contributed by atoms with Crippen LogP contribution in [0.3, 0.4) is 0 Å². The third-order valence-electron chi connectivity index (χ3n) is 2.14. The lowest BCUT2D eigenvalue weighted by molar-refractivity contribution is 0.468.